The van der Waals surface area contributed by atoms with Gasteiger partial charge in [0.15, 0.2) is 0 Å². The average Bonchev–Trinajstić information content (AvgIpc) is 2.54. The van der Waals surface area contributed by atoms with Gasteiger partial charge in [-0.2, -0.15) is 0 Å². The summed E-state index contributed by atoms with van der Waals surface area (Å²) in [6.07, 6.45) is 0.891. The van der Waals surface area contributed by atoms with E-state index in [4.69, 9.17) is 9.84 Å². The molecule has 4 nitrogen and oxygen atoms in total. The Bertz CT molecular complexity index is 581. The van der Waals surface area contributed by atoms with E-state index in [1.807, 2.05) is 30.3 Å². The Morgan fingerprint density at radius 1 is 1.09 bits per heavy atom. The van der Waals surface area contributed by atoms with Crippen LogP contribution in [-0.4, -0.2) is 30.8 Å². The van der Waals surface area contributed by atoms with E-state index in [9.17, 15) is 4.79 Å². The van der Waals surface area contributed by atoms with Gasteiger partial charge < -0.3 is 15.2 Å². The predicted octanol–water partition coefficient (Wildman–Crippen LogP) is 2.73. The molecule has 0 amide bonds. The molecule has 0 radical (unpaired) electrons. The number of ether oxygens (including phenoxy) is 1. The summed E-state index contributed by atoms with van der Waals surface area (Å²) in [6, 6.07) is 17.4. The molecule has 0 aromatic heterocycles. The number of carboxylic acid groups (broad SMARTS) is 1. The minimum atomic E-state index is -0.902. The third kappa shape index (κ3) is 4.98. The first-order chi connectivity index (χ1) is 10.7. The lowest BCUT2D eigenvalue weighted by Gasteiger charge is -2.18. The van der Waals surface area contributed by atoms with Gasteiger partial charge in [0.2, 0.25) is 0 Å². The zero-order valence-corrected chi connectivity index (χ0v) is 12.7. The van der Waals surface area contributed by atoms with Gasteiger partial charge in [-0.15, -0.1) is 0 Å². The number of nitrogens with one attached hydrogen (secondary N) is 1. The van der Waals surface area contributed by atoms with Gasteiger partial charge >= 0.3 is 5.97 Å². The molecular formula is C18H21NO3. The molecule has 0 bridgehead atoms. The summed E-state index contributed by atoms with van der Waals surface area (Å²) in [5.74, 6) is -0.902. The second kappa shape index (κ2) is 8.32. The second-order valence-corrected chi connectivity index (χ2v) is 5.22. The highest BCUT2D eigenvalue weighted by molar-refractivity contribution is 5.87. The van der Waals surface area contributed by atoms with E-state index in [-0.39, 0.29) is 6.04 Å². The van der Waals surface area contributed by atoms with Crippen LogP contribution in [0, 0.1) is 0 Å². The summed E-state index contributed by atoms with van der Waals surface area (Å²) >= 11 is 0. The Kier molecular flexibility index (Phi) is 6.13. The number of hydrogen-bond donors (Lipinski definition) is 2. The number of carbonyl (C=O) groups is 1. The molecule has 0 saturated carbocycles. The zero-order valence-electron chi connectivity index (χ0n) is 12.7. The Hall–Kier alpha value is -2.17. The summed E-state index contributed by atoms with van der Waals surface area (Å²) < 4.78 is 5.27. The third-order valence-electron chi connectivity index (χ3n) is 3.49. The third-order valence-corrected chi connectivity index (χ3v) is 3.49. The first-order valence-corrected chi connectivity index (χ1v) is 7.27. The summed E-state index contributed by atoms with van der Waals surface area (Å²) in [7, 11) is 1.70. The summed E-state index contributed by atoms with van der Waals surface area (Å²) in [4.78, 5) is 10.8. The number of methoxy groups -OCH3 is 1. The standard InChI is InChI=1S/C18H21NO3/c1-22-13-17(11-14-5-3-2-4-6-14)19-12-15-7-9-16(10-8-15)18(20)21/h2-10,17,19H,11-13H2,1H3,(H,20,21). The van der Waals surface area contributed by atoms with Crippen molar-refractivity contribution in [2.75, 3.05) is 13.7 Å². The molecular weight excluding hydrogens is 278 g/mol. The van der Waals surface area contributed by atoms with E-state index >= 15 is 0 Å². The van der Waals surface area contributed by atoms with E-state index in [1.165, 1.54) is 5.56 Å². The van der Waals surface area contributed by atoms with Crippen LogP contribution >= 0.6 is 0 Å². The quantitative estimate of drug-likeness (QED) is 0.787. The molecule has 0 saturated heterocycles. The second-order valence-electron chi connectivity index (χ2n) is 5.22. The van der Waals surface area contributed by atoms with Gasteiger partial charge in [0.05, 0.1) is 12.2 Å². The van der Waals surface area contributed by atoms with E-state index in [2.05, 4.69) is 17.4 Å². The molecule has 2 rings (SSSR count). The van der Waals surface area contributed by atoms with Crippen LogP contribution in [0.4, 0.5) is 0 Å². The van der Waals surface area contributed by atoms with Crippen molar-refractivity contribution in [2.24, 2.45) is 0 Å². The van der Waals surface area contributed by atoms with Gasteiger partial charge in [-0.3, -0.25) is 0 Å². The highest BCUT2D eigenvalue weighted by Crippen LogP contribution is 2.07. The fraction of sp³-hybridized carbons (Fsp3) is 0.278. The number of hydrogen-bond acceptors (Lipinski definition) is 3. The molecule has 0 aliphatic rings. The Morgan fingerprint density at radius 2 is 1.77 bits per heavy atom. The lowest BCUT2D eigenvalue weighted by atomic mass is 10.1. The largest absolute Gasteiger partial charge is 0.478 e. The van der Waals surface area contributed by atoms with Gasteiger partial charge in [-0.25, -0.2) is 4.79 Å². The average molecular weight is 299 g/mol. The van der Waals surface area contributed by atoms with Crippen LogP contribution in [0.3, 0.4) is 0 Å². The van der Waals surface area contributed by atoms with Crippen LogP contribution in [0.15, 0.2) is 54.6 Å². The molecule has 22 heavy (non-hydrogen) atoms. The number of aromatic carboxylic acids is 1. The Labute approximate surface area is 130 Å². The molecule has 116 valence electrons. The van der Waals surface area contributed by atoms with Gasteiger partial charge in [-0.05, 0) is 29.7 Å². The molecule has 0 spiro atoms. The van der Waals surface area contributed by atoms with E-state index in [1.54, 1.807) is 19.2 Å². The van der Waals surface area contributed by atoms with Crippen molar-refractivity contribution >= 4 is 5.97 Å². The smallest absolute Gasteiger partial charge is 0.335 e. The highest BCUT2D eigenvalue weighted by Gasteiger charge is 2.09. The molecule has 0 aliphatic heterocycles. The van der Waals surface area contributed by atoms with E-state index < -0.39 is 5.97 Å². The van der Waals surface area contributed by atoms with Crippen molar-refractivity contribution in [3.8, 4) is 0 Å². The van der Waals surface area contributed by atoms with Crippen LogP contribution in [0.5, 0.6) is 0 Å². The monoisotopic (exact) mass is 299 g/mol. The molecule has 0 aliphatic carbocycles. The van der Waals surface area contributed by atoms with Crippen molar-refractivity contribution in [2.45, 2.75) is 19.0 Å². The lowest BCUT2D eigenvalue weighted by Crippen LogP contribution is -2.34. The van der Waals surface area contributed by atoms with Crippen LogP contribution in [0.2, 0.25) is 0 Å². The van der Waals surface area contributed by atoms with E-state index in [0.717, 1.165) is 12.0 Å². The van der Waals surface area contributed by atoms with Crippen molar-refractivity contribution < 1.29 is 14.6 Å². The fourth-order valence-corrected chi connectivity index (χ4v) is 2.32. The molecule has 4 heteroatoms. The summed E-state index contributed by atoms with van der Waals surface area (Å²) in [5, 5.41) is 12.4. The van der Waals surface area contributed by atoms with E-state index in [0.29, 0.717) is 18.7 Å². The first kappa shape index (κ1) is 16.2. The van der Waals surface area contributed by atoms with Crippen LogP contribution in [0.25, 0.3) is 0 Å². The molecule has 0 heterocycles. The molecule has 1 atom stereocenters. The highest BCUT2D eigenvalue weighted by atomic mass is 16.5. The topological polar surface area (TPSA) is 58.6 Å². The zero-order chi connectivity index (χ0) is 15.8. The Morgan fingerprint density at radius 3 is 2.36 bits per heavy atom. The molecule has 1 unspecified atom stereocenters. The minimum absolute atomic E-state index is 0.214. The summed E-state index contributed by atoms with van der Waals surface area (Å²) in [6.45, 7) is 1.31. The fourth-order valence-electron chi connectivity index (χ4n) is 2.32. The van der Waals surface area contributed by atoms with Crippen molar-refractivity contribution in [1.82, 2.24) is 5.32 Å². The molecule has 2 aromatic carbocycles. The van der Waals surface area contributed by atoms with Gasteiger partial charge in [0.1, 0.15) is 0 Å². The molecule has 0 fully saturated rings. The number of benzene rings is 2. The Balaban J connectivity index is 1.92. The summed E-state index contributed by atoms with van der Waals surface area (Å²) in [5.41, 5.74) is 2.62. The lowest BCUT2D eigenvalue weighted by molar-refractivity contribution is 0.0697. The van der Waals surface area contributed by atoms with Crippen molar-refractivity contribution in [3.63, 3.8) is 0 Å². The van der Waals surface area contributed by atoms with Gasteiger partial charge in [0.25, 0.3) is 0 Å². The predicted molar refractivity (Wildman–Crippen MR) is 86.1 cm³/mol. The molecule has 2 N–H and O–H groups in total. The van der Waals surface area contributed by atoms with Crippen molar-refractivity contribution in [3.05, 3.63) is 71.3 Å². The number of rotatable bonds is 8. The minimum Gasteiger partial charge on any atom is -0.478 e. The maximum absolute atomic E-state index is 10.8. The first-order valence-electron chi connectivity index (χ1n) is 7.27. The van der Waals surface area contributed by atoms with Gasteiger partial charge in [-0.1, -0.05) is 42.5 Å². The SMILES string of the molecule is COCC(Cc1ccccc1)NCc1ccc(C(=O)O)cc1. The van der Waals surface area contributed by atoms with Crippen LogP contribution in [0.1, 0.15) is 21.5 Å². The molecule has 2 aromatic rings. The maximum Gasteiger partial charge on any atom is 0.335 e. The van der Waals surface area contributed by atoms with Crippen LogP contribution < -0.4 is 5.32 Å². The van der Waals surface area contributed by atoms with Crippen molar-refractivity contribution in [1.29, 1.82) is 0 Å². The van der Waals surface area contributed by atoms with Crippen LogP contribution in [-0.2, 0) is 17.7 Å². The number of carboxylic acids is 1. The van der Waals surface area contributed by atoms with Gasteiger partial charge in [0, 0.05) is 19.7 Å². The normalized spacial score (nSPS) is 12.0. The maximum atomic E-state index is 10.8.